The van der Waals surface area contributed by atoms with Crippen molar-refractivity contribution in [2.45, 2.75) is 0 Å². The van der Waals surface area contributed by atoms with Gasteiger partial charge in [-0.1, -0.05) is 30.3 Å². The lowest BCUT2D eigenvalue weighted by Crippen LogP contribution is -2.01. The van der Waals surface area contributed by atoms with E-state index in [1.807, 2.05) is 48.5 Å². The molecule has 0 radical (unpaired) electrons. The number of carbonyl (C=O) groups excluding carboxylic acids is 1. The summed E-state index contributed by atoms with van der Waals surface area (Å²) in [7, 11) is 3.21. The summed E-state index contributed by atoms with van der Waals surface area (Å²) >= 11 is 0. The van der Waals surface area contributed by atoms with Crippen LogP contribution in [0, 0.1) is 0 Å². The van der Waals surface area contributed by atoms with E-state index in [1.54, 1.807) is 32.4 Å². The van der Waals surface area contributed by atoms with Crippen LogP contribution in [0.4, 0.5) is 0 Å². The molecule has 0 aromatic heterocycles. The molecule has 2 aromatic carbocycles. The molecule has 0 amide bonds. The van der Waals surface area contributed by atoms with Crippen LogP contribution in [-0.2, 0) is 9.53 Å². The molecule has 1 heterocycles. The molecule has 5 heteroatoms. The summed E-state index contributed by atoms with van der Waals surface area (Å²) in [5, 5.41) is 0. The first-order valence-electron chi connectivity index (χ1n) is 7.67. The fourth-order valence-corrected chi connectivity index (χ4v) is 2.32. The Morgan fingerprint density at radius 3 is 2.44 bits per heavy atom. The number of cyclic esters (lactones) is 1. The molecule has 3 rings (SSSR count). The maximum absolute atomic E-state index is 12.0. The summed E-state index contributed by atoms with van der Waals surface area (Å²) in [4.78, 5) is 16.2. The second kappa shape index (κ2) is 7.49. The Hall–Kier alpha value is -3.34. The minimum atomic E-state index is -0.476. The van der Waals surface area contributed by atoms with Crippen molar-refractivity contribution >= 4 is 24.0 Å². The number of nitrogens with zero attached hydrogens (tertiary/aromatic N) is 1. The molecule has 0 N–H and O–H groups in total. The molecule has 2 aromatic rings. The van der Waals surface area contributed by atoms with Crippen molar-refractivity contribution in [1.82, 2.24) is 0 Å². The lowest BCUT2D eigenvalue weighted by atomic mass is 10.2. The molecule has 1 aliphatic heterocycles. The third-order valence-electron chi connectivity index (χ3n) is 3.60. The Balaban J connectivity index is 1.79. The summed E-state index contributed by atoms with van der Waals surface area (Å²) < 4.78 is 15.6. The van der Waals surface area contributed by atoms with Gasteiger partial charge in [-0.2, -0.15) is 0 Å². The highest BCUT2D eigenvalue weighted by Gasteiger charge is 2.21. The molecule has 0 unspecified atom stereocenters. The molecule has 0 atom stereocenters. The fraction of sp³-hybridized carbons (Fsp3) is 0.100. The first-order valence-corrected chi connectivity index (χ1v) is 7.67. The standard InChI is InChI=1S/C20H17NO4/c1-23-16-10-7-14(8-11-16)13-17-20(22)25-19(21-17)12-9-15-5-3-4-6-18(15)24-2/h3-13H,1-2H3. The van der Waals surface area contributed by atoms with Crippen molar-refractivity contribution in [3.8, 4) is 11.5 Å². The second-order valence-electron chi connectivity index (χ2n) is 5.22. The van der Waals surface area contributed by atoms with Crippen molar-refractivity contribution in [2.75, 3.05) is 14.2 Å². The number of hydrogen-bond donors (Lipinski definition) is 0. The number of methoxy groups -OCH3 is 2. The number of para-hydroxylation sites is 1. The van der Waals surface area contributed by atoms with Crippen molar-refractivity contribution in [3.63, 3.8) is 0 Å². The van der Waals surface area contributed by atoms with E-state index in [0.717, 1.165) is 22.6 Å². The summed E-state index contributed by atoms with van der Waals surface area (Å²) in [5.74, 6) is 1.25. The Morgan fingerprint density at radius 2 is 1.72 bits per heavy atom. The zero-order chi connectivity index (χ0) is 17.6. The Morgan fingerprint density at radius 1 is 0.960 bits per heavy atom. The molecule has 0 spiro atoms. The number of carbonyl (C=O) groups is 1. The Bertz CT molecular complexity index is 864. The molecule has 0 saturated heterocycles. The van der Waals surface area contributed by atoms with Gasteiger partial charge in [-0.3, -0.25) is 0 Å². The molecule has 5 nitrogen and oxygen atoms in total. The van der Waals surface area contributed by atoms with Gasteiger partial charge in [-0.25, -0.2) is 9.79 Å². The van der Waals surface area contributed by atoms with Crippen LogP contribution in [0.25, 0.3) is 12.2 Å². The molecular weight excluding hydrogens is 318 g/mol. The maximum Gasteiger partial charge on any atom is 0.363 e. The normalized spacial score (nSPS) is 15.4. The van der Waals surface area contributed by atoms with E-state index in [2.05, 4.69) is 4.99 Å². The van der Waals surface area contributed by atoms with Crippen LogP contribution in [-0.4, -0.2) is 26.1 Å². The highest BCUT2D eigenvalue weighted by atomic mass is 16.6. The molecular formula is C20H17NO4. The predicted molar refractivity (Wildman–Crippen MR) is 96.5 cm³/mol. The fourth-order valence-electron chi connectivity index (χ4n) is 2.32. The van der Waals surface area contributed by atoms with Gasteiger partial charge in [0.25, 0.3) is 0 Å². The zero-order valence-electron chi connectivity index (χ0n) is 13.9. The van der Waals surface area contributed by atoms with Gasteiger partial charge in [0.05, 0.1) is 14.2 Å². The summed E-state index contributed by atoms with van der Waals surface area (Å²) in [5.41, 5.74) is 1.97. The Kier molecular flexibility index (Phi) is 4.95. The van der Waals surface area contributed by atoms with Gasteiger partial charge in [-0.05, 0) is 35.9 Å². The lowest BCUT2D eigenvalue weighted by Gasteiger charge is -2.02. The van der Waals surface area contributed by atoms with Crippen molar-refractivity contribution in [1.29, 1.82) is 0 Å². The zero-order valence-corrected chi connectivity index (χ0v) is 13.9. The summed E-state index contributed by atoms with van der Waals surface area (Å²) in [6, 6.07) is 14.9. The third kappa shape index (κ3) is 3.95. The van der Waals surface area contributed by atoms with Gasteiger partial charge in [-0.15, -0.1) is 0 Å². The van der Waals surface area contributed by atoms with Crippen LogP contribution in [0.5, 0.6) is 11.5 Å². The van der Waals surface area contributed by atoms with E-state index >= 15 is 0 Å². The topological polar surface area (TPSA) is 57.1 Å². The quantitative estimate of drug-likeness (QED) is 0.617. The van der Waals surface area contributed by atoms with E-state index in [9.17, 15) is 4.79 Å². The number of esters is 1. The highest BCUT2D eigenvalue weighted by Crippen LogP contribution is 2.21. The van der Waals surface area contributed by atoms with E-state index in [0.29, 0.717) is 0 Å². The average molecular weight is 335 g/mol. The van der Waals surface area contributed by atoms with Gasteiger partial charge in [0, 0.05) is 11.6 Å². The number of benzene rings is 2. The number of hydrogen-bond acceptors (Lipinski definition) is 5. The molecule has 0 aliphatic carbocycles. The van der Waals surface area contributed by atoms with Crippen LogP contribution < -0.4 is 9.47 Å². The summed E-state index contributed by atoms with van der Waals surface area (Å²) in [6.45, 7) is 0. The van der Waals surface area contributed by atoms with Crippen LogP contribution in [0.3, 0.4) is 0 Å². The van der Waals surface area contributed by atoms with E-state index in [1.165, 1.54) is 0 Å². The van der Waals surface area contributed by atoms with Crippen LogP contribution in [0.2, 0.25) is 0 Å². The van der Waals surface area contributed by atoms with E-state index < -0.39 is 5.97 Å². The average Bonchev–Trinajstić information content (AvgIpc) is 3.00. The monoisotopic (exact) mass is 335 g/mol. The number of ether oxygens (including phenoxy) is 3. The van der Waals surface area contributed by atoms with Gasteiger partial charge in [0.2, 0.25) is 5.90 Å². The lowest BCUT2D eigenvalue weighted by molar-refractivity contribution is -0.129. The summed E-state index contributed by atoms with van der Waals surface area (Å²) in [6.07, 6.45) is 5.11. The minimum Gasteiger partial charge on any atom is -0.497 e. The SMILES string of the molecule is COc1ccc(C=C2N=C(C=Cc3ccccc3OC)OC2=O)cc1. The largest absolute Gasteiger partial charge is 0.497 e. The van der Waals surface area contributed by atoms with E-state index in [-0.39, 0.29) is 11.6 Å². The first kappa shape index (κ1) is 16.5. The molecule has 1 aliphatic rings. The first-order chi connectivity index (χ1) is 12.2. The van der Waals surface area contributed by atoms with Crippen LogP contribution in [0.1, 0.15) is 11.1 Å². The van der Waals surface area contributed by atoms with Crippen molar-refractivity contribution in [2.24, 2.45) is 4.99 Å². The second-order valence-corrected chi connectivity index (χ2v) is 5.22. The van der Waals surface area contributed by atoms with Gasteiger partial charge in [0.15, 0.2) is 5.70 Å². The molecule has 25 heavy (non-hydrogen) atoms. The number of rotatable bonds is 5. The minimum absolute atomic E-state index is 0.246. The smallest absolute Gasteiger partial charge is 0.363 e. The predicted octanol–water partition coefficient (Wildman–Crippen LogP) is 3.71. The van der Waals surface area contributed by atoms with E-state index in [4.69, 9.17) is 14.2 Å². The van der Waals surface area contributed by atoms with Crippen LogP contribution in [0.15, 0.2) is 65.3 Å². The third-order valence-corrected chi connectivity index (χ3v) is 3.60. The number of aliphatic imine (C=N–C) groups is 1. The van der Waals surface area contributed by atoms with Gasteiger partial charge in [0.1, 0.15) is 11.5 Å². The molecule has 126 valence electrons. The van der Waals surface area contributed by atoms with Gasteiger partial charge < -0.3 is 14.2 Å². The van der Waals surface area contributed by atoms with Gasteiger partial charge >= 0.3 is 5.97 Å². The highest BCUT2D eigenvalue weighted by molar-refractivity contribution is 6.11. The Labute approximate surface area is 145 Å². The van der Waals surface area contributed by atoms with Crippen molar-refractivity contribution in [3.05, 3.63) is 71.4 Å². The molecule has 0 fully saturated rings. The maximum atomic E-state index is 12.0. The van der Waals surface area contributed by atoms with Crippen LogP contribution >= 0.6 is 0 Å². The molecule has 0 saturated carbocycles. The van der Waals surface area contributed by atoms with Crippen molar-refractivity contribution < 1.29 is 19.0 Å². The molecule has 0 bridgehead atoms.